The van der Waals surface area contributed by atoms with Crippen LogP contribution in [0.2, 0.25) is 0 Å². The minimum absolute atomic E-state index is 0.0126. The molecule has 0 bridgehead atoms. The Morgan fingerprint density at radius 3 is 2.04 bits per heavy atom. The van der Waals surface area contributed by atoms with Crippen LogP contribution in [0, 0.1) is 5.82 Å². The lowest BCUT2D eigenvalue weighted by Gasteiger charge is -2.34. The molecule has 1 unspecified atom stereocenters. The maximum atomic E-state index is 14.5. The highest BCUT2D eigenvalue weighted by molar-refractivity contribution is 9.10. The molecule has 5 rings (SSSR count). The van der Waals surface area contributed by atoms with Gasteiger partial charge in [0.2, 0.25) is 11.8 Å². The molecule has 0 saturated heterocycles. The molecule has 1 fully saturated rings. The SMILES string of the molecule is O=C(NC1CCCC1)C(Cc1ccccc1)N(Cc1ccc(Br)cc1)C(=O)CN(c1ccc(F)cc1)S(=O)(=O)c1ccccc1. The van der Waals surface area contributed by atoms with Crippen molar-refractivity contribution >= 4 is 43.5 Å². The number of nitrogens with one attached hydrogen (secondary N) is 1. The molecule has 45 heavy (non-hydrogen) atoms. The van der Waals surface area contributed by atoms with Gasteiger partial charge in [0, 0.05) is 23.5 Å². The Morgan fingerprint density at radius 1 is 0.822 bits per heavy atom. The van der Waals surface area contributed by atoms with E-state index in [4.69, 9.17) is 0 Å². The minimum Gasteiger partial charge on any atom is -0.352 e. The van der Waals surface area contributed by atoms with Gasteiger partial charge in [-0.25, -0.2) is 12.8 Å². The van der Waals surface area contributed by atoms with E-state index in [-0.39, 0.29) is 35.5 Å². The Balaban J connectivity index is 1.55. The number of amides is 2. The zero-order chi connectivity index (χ0) is 31.8. The van der Waals surface area contributed by atoms with Crippen molar-refractivity contribution in [2.45, 2.75) is 55.6 Å². The molecule has 234 valence electrons. The highest BCUT2D eigenvalue weighted by Gasteiger charge is 2.35. The van der Waals surface area contributed by atoms with Gasteiger partial charge in [0.25, 0.3) is 10.0 Å². The van der Waals surface area contributed by atoms with E-state index in [2.05, 4.69) is 21.2 Å². The lowest BCUT2D eigenvalue weighted by atomic mass is 10.0. The Hall–Kier alpha value is -4.02. The summed E-state index contributed by atoms with van der Waals surface area (Å²) in [7, 11) is -4.24. The fraction of sp³-hybridized carbons (Fsp3) is 0.257. The number of carbonyl (C=O) groups excluding carboxylic acids is 2. The molecule has 0 aromatic heterocycles. The maximum absolute atomic E-state index is 14.5. The first-order chi connectivity index (χ1) is 21.7. The molecule has 0 aliphatic heterocycles. The topological polar surface area (TPSA) is 86.8 Å². The summed E-state index contributed by atoms with van der Waals surface area (Å²) in [5.41, 5.74) is 1.77. The predicted octanol–water partition coefficient (Wildman–Crippen LogP) is 6.48. The first kappa shape index (κ1) is 32.4. The summed E-state index contributed by atoms with van der Waals surface area (Å²) in [5, 5.41) is 3.16. The molecule has 1 saturated carbocycles. The Labute approximate surface area is 272 Å². The molecule has 2 amide bonds. The van der Waals surface area contributed by atoms with E-state index in [0.29, 0.717) is 0 Å². The molecule has 1 N–H and O–H groups in total. The summed E-state index contributed by atoms with van der Waals surface area (Å²) >= 11 is 3.45. The molecular formula is C35H35BrFN3O4S. The van der Waals surface area contributed by atoms with E-state index in [9.17, 15) is 22.4 Å². The first-order valence-corrected chi connectivity index (χ1v) is 17.2. The van der Waals surface area contributed by atoms with Crippen molar-refractivity contribution in [2.24, 2.45) is 0 Å². The number of nitrogens with zero attached hydrogens (tertiary/aromatic N) is 2. The number of halogens is 2. The van der Waals surface area contributed by atoms with Crippen molar-refractivity contribution in [3.05, 3.63) is 131 Å². The molecule has 10 heteroatoms. The summed E-state index contributed by atoms with van der Waals surface area (Å²) in [5.74, 6) is -1.38. The maximum Gasteiger partial charge on any atom is 0.264 e. The number of anilines is 1. The predicted molar refractivity (Wildman–Crippen MR) is 176 cm³/mol. The summed E-state index contributed by atoms with van der Waals surface area (Å²) in [4.78, 5) is 29.9. The third kappa shape index (κ3) is 8.38. The molecule has 0 heterocycles. The van der Waals surface area contributed by atoms with Gasteiger partial charge in [-0.2, -0.15) is 0 Å². The van der Waals surface area contributed by atoms with Crippen molar-refractivity contribution in [3.8, 4) is 0 Å². The number of benzene rings is 4. The van der Waals surface area contributed by atoms with E-state index in [1.54, 1.807) is 18.2 Å². The number of carbonyl (C=O) groups is 2. The van der Waals surface area contributed by atoms with Gasteiger partial charge in [-0.05, 0) is 72.5 Å². The van der Waals surface area contributed by atoms with Crippen molar-refractivity contribution in [2.75, 3.05) is 10.8 Å². The second kappa shape index (κ2) is 14.8. The Kier molecular flexibility index (Phi) is 10.7. The quantitative estimate of drug-likeness (QED) is 0.184. The normalized spacial score (nSPS) is 14.1. The third-order valence-corrected chi connectivity index (χ3v) is 10.3. The molecule has 4 aromatic carbocycles. The average molecular weight is 693 g/mol. The van der Waals surface area contributed by atoms with Crippen LogP contribution in [0.25, 0.3) is 0 Å². The van der Waals surface area contributed by atoms with E-state index >= 15 is 0 Å². The zero-order valence-electron chi connectivity index (χ0n) is 24.7. The first-order valence-electron chi connectivity index (χ1n) is 14.9. The second-order valence-corrected chi connectivity index (χ2v) is 13.9. The van der Waals surface area contributed by atoms with Crippen LogP contribution >= 0.6 is 15.9 Å². The van der Waals surface area contributed by atoms with Crippen molar-refractivity contribution in [3.63, 3.8) is 0 Å². The smallest absolute Gasteiger partial charge is 0.264 e. The van der Waals surface area contributed by atoms with Crippen molar-refractivity contribution in [1.29, 1.82) is 0 Å². The van der Waals surface area contributed by atoms with Gasteiger partial charge in [0.15, 0.2) is 0 Å². The molecule has 4 aromatic rings. The standard InChI is InChI=1S/C35H35BrFN3O4S/c36-28-17-15-27(16-18-28)24-39(33(23-26-9-3-1-4-10-26)35(42)38-30-11-7-8-12-30)34(41)25-40(31-21-19-29(37)20-22-31)45(43,44)32-13-5-2-6-14-32/h1-6,9-10,13-22,30,33H,7-8,11-12,23-25H2,(H,38,42). The zero-order valence-corrected chi connectivity index (χ0v) is 27.1. The van der Waals surface area contributed by atoms with E-state index < -0.39 is 34.3 Å². The molecule has 1 atom stereocenters. The number of hydrogen-bond donors (Lipinski definition) is 1. The van der Waals surface area contributed by atoms with Crippen LogP contribution in [0.5, 0.6) is 0 Å². The van der Waals surface area contributed by atoms with Gasteiger partial charge < -0.3 is 10.2 Å². The van der Waals surface area contributed by atoms with Gasteiger partial charge in [0.05, 0.1) is 10.6 Å². The number of hydrogen-bond acceptors (Lipinski definition) is 4. The average Bonchev–Trinajstić information content (AvgIpc) is 3.57. The van der Waals surface area contributed by atoms with Crippen molar-refractivity contribution in [1.82, 2.24) is 10.2 Å². The highest BCUT2D eigenvalue weighted by atomic mass is 79.9. The van der Waals surface area contributed by atoms with Gasteiger partial charge in [-0.15, -0.1) is 0 Å². The van der Waals surface area contributed by atoms with Gasteiger partial charge >= 0.3 is 0 Å². The summed E-state index contributed by atoms with van der Waals surface area (Å²) < 4.78 is 43.7. The highest BCUT2D eigenvalue weighted by Crippen LogP contribution is 2.26. The molecule has 1 aliphatic carbocycles. The van der Waals surface area contributed by atoms with Gasteiger partial charge in [-0.1, -0.05) is 89.4 Å². The van der Waals surface area contributed by atoms with Crippen LogP contribution in [0.15, 0.2) is 119 Å². The Bertz CT molecular complexity index is 1680. The van der Waals surface area contributed by atoms with Gasteiger partial charge in [-0.3, -0.25) is 13.9 Å². The van der Waals surface area contributed by atoms with Crippen LogP contribution in [-0.2, 0) is 32.6 Å². The monoisotopic (exact) mass is 691 g/mol. The summed E-state index contributed by atoms with van der Waals surface area (Å²) in [6.07, 6.45) is 4.04. The molecule has 0 spiro atoms. The van der Waals surface area contributed by atoms with Crippen LogP contribution in [0.1, 0.15) is 36.8 Å². The van der Waals surface area contributed by atoms with E-state index in [1.807, 2.05) is 54.6 Å². The van der Waals surface area contributed by atoms with Crippen molar-refractivity contribution < 1.29 is 22.4 Å². The molecule has 1 aliphatic rings. The van der Waals surface area contributed by atoms with Crippen LogP contribution < -0.4 is 9.62 Å². The minimum atomic E-state index is -4.24. The fourth-order valence-electron chi connectivity index (χ4n) is 5.56. The lowest BCUT2D eigenvalue weighted by molar-refractivity contribution is -0.140. The van der Waals surface area contributed by atoms with Crippen LogP contribution in [0.4, 0.5) is 10.1 Å². The summed E-state index contributed by atoms with van der Waals surface area (Å²) in [6, 6.07) is 28.7. The largest absolute Gasteiger partial charge is 0.352 e. The molecular weight excluding hydrogens is 657 g/mol. The van der Waals surface area contributed by atoms with Crippen LogP contribution in [-0.4, -0.2) is 43.8 Å². The molecule has 0 radical (unpaired) electrons. The van der Waals surface area contributed by atoms with E-state index in [0.717, 1.165) is 57.7 Å². The second-order valence-electron chi connectivity index (χ2n) is 11.1. The molecule has 7 nitrogen and oxygen atoms in total. The summed E-state index contributed by atoms with van der Waals surface area (Å²) in [6.45, 7) is -0.522. The van der Waals surface area contributed by atoms with Crippen LogP contribution in [0.3, 0.4) is 0 Å². The third-order valence-electron chi connectivity index (χ3n) is 7.96. The van der Waals surface area contributed by atoms with E-state index in [1.165, 1.54) is 29.2 Å². The number of rotatable bonds is 12. The number of sulfonamides is 1. The Morgan fingerprint density at radius 2 is 1.42 bits per heavy atom. The lowest BCUT2D eigenvalue weighted by Crippen LogP contribution is -2.54. The fourth-order valence-corrected chi connectivity index (χ4v) is 7.26. The van der Waals surface area contributed by atoms with Gasteiger partial charge in [0.1, 0.15) is 18.4 Å².